The Kier molecular flexibility index (Phi) is 5.51. The first-order valence-corrected chi connectivity index (χ1v) is 7.59. The number of nitrogens with zero attached hydrogens (tertiary/aromatic N) is 1. The molecule has 1 amide bonds. The van der Waals surface area contributed by atoms with Gasteiger partial charge in [-0.2, -0.15) is 0 Å². The molecule has 7 heteroatoms. The molecule has 0 aliphatic heterocycles. The number of ether oxygens (including phenoxy) is 1. The molecule has 1 aliphatic carbocycles. The van der Waals surface area contributed by atoms with Gasteiger partial charge in [0.25, 0.3) is 0 Å². The van der Waals surface area contributed by atoms with Crippen LogP contribution >= 0.6 is 0 Å². The summed E-state index contributed by atoms with van der Waals surface area (Å²) in [4.78, 5) is 13.7. The third kappa shape index (κ3) is 5.42. The molecular formula is C16H21F3N2O2. The second-order valence-electron chi connectivity index (χ2n) is 6.00. The maximum absolute atomic E-state index is 12.2. The average Bonchev–Trinajstić information content (AvgIpc) is 2.82. The second-order valence-corrected chi connectivity index (χ2v) is 6.00. The largest absolute Gasteiger partial charge is 0.573 e. The van der Waals surface area contributed by atoms with Crippen molar-refractivity contribution in [2.24, 2.45) is 11.7 Å². The van der Waals surface area contributed by atoms with Gasteiger partial charge < -0.3 is 15.4 Å². The van der Waals surface area contributed by atoms with Gasteiger partial charge in [-0.25, -0.2) is 0 Å². The summed E-state index contributed by atoms with van der Waals surface area (Å²) in [5.74, 6) is -0.131. The van der Waals surface area contributed by atoms with Crippen molar-refractivity contribution in [3.8, 4) is 5.75 Å². The monoisotopic (exact) mass is 330 g/mol. The summed E-state index contributed by atoms with van der Waals surface area (Å²) in [7, 11) is 1.64. The Balaban J connectivity index is 1.92. The minimum Gasteiger partial charge on any atom is -0.406 e. The van der Waals surface area contributed by atoms with Gasteiger partial charge in [-0.3, -0.25) is 4.79 Å². The Labute approximate surface area is 133 Å². The van der Waals surface area contributed by atoms with E-state index in [1.54, 1.807) is 13.1 Å². The fraction of sp³-hybridized carbons (Fsp3) is 0.562. The maximum atomic E-state index is 12.2. The first-order valence-electron chi connectivity index (χ1n) is 7.59. The summed E-state index contributed by atoms with van der Waals surface area (Å²) in [6.07, 6.45) is -1.40. The van der Waals surface area contributed by atoms with Crippen molar-refractivity contribution in [1.29, 1.82) is 0 Å². The van der Waals surface area contributed by atoms with Crippen molar-refractivity contribution in [2.45, 2.75) is 44.6 Å². The predicted molar refractivity (Wildman–Crippen MR) is 79.5 cm³/mol. The molecule has 0 heterocycles. The molecule has 1 aromatic carbocycles. The Morgan fingerprint density at radius 3 is 2.74 bits per heavy atom. The van der Waals surface area contributed by atoms with Crippen LogP contribution in [-0.4, -0.2) is 30.3 Å². The topological polar surface area (TPSA) is 55.6 Å². The zero-order valence-electron chi connectivity index (χ0n) is 13.0. The van der Waals surface area contributed by atoms with Crippen LogP contribution in [0.1, 0.15) is 31.2 Å². The molecule has 1 aliphatic rings. The molecular weight excluding hydrogens is 309 g/mol. The SMILES string of the molecule is CN(Cc1cccc(OC(F)(F)F)c1)C(=O)C[C@@H]1CCC[C@H]1N. The van der Waals surface area contributed by atoms with E-state index in [9.17, 15) is 18.0 Å². The number of benzene rings is 1. The first-order chi connectivity index (χ1) is 10.7. The van der Waals surface area contributed by atoms with Crippen LogP contribution in [0.15, 0.2) is 24.3 Å². The van der Waals surface area contributed by atoms with Crippen LogP contribution in [0, 0.1) is 5.92 Å². The van der Waals surface area contributed by atoms with E-state index in [0.717, 1.165) is 19.3 Å². The van der Waals surface area contributed by atoms with Crippen LogP contribution in [-0.2, 0) is 11.3 Å². The summed E-state index contributed by atoms with van der Waals surface area (Å²) in [5.41, 5.74) is 6.55. The van der Waals surface area contributed by atoms with Crippen molar-refractivity contribution in [1.82, 2.24) is 4.90 Å². The van der Waals surface area contributed by atoms with Gasteiger partial charge in [0.2, 0.25) is 5.91 Å². The second kappa shape index (κ2) is 7.21. The smallest absolute Gasteiger partial charge is 0.406 e. The zero-order valence-corrected chi connectivity index (χ0v) is 13.0. The van der Waals surface area contributed by atoms with Gasteiger partial charge in [-0.1, -0.05) is 18.6 Å². The fourth-order valence-electron chi connectivity index (χ4n) is 2.90. The standard InChI is InChI=1S/C16H21F3N2O2/c1-21(15(22)9-12-5-3-7-14(12)20)10-11-4-2-6-13(8-11)23-16(17,18)19/h2,4,6,8,12,14H,3,5,7,9-10,20H2,1H3/t12-,14+/m0/s1. The fourth-order valence-corrected chi connectivity index (χ4v) is 2.90. The van der Waals surface area contributed by atoms with Crippen molar-refractivity contribution in [3.05, 3.63) is 29.8 Å². The van der Waals surface area contributed by atoms with E-state index in [1.165, 1.54) is 23.1 Å². The van der Waals surface area contributed by atoms with E-state index < -0.39 is 6.36 Å². The Bertz CT molecular complexity index is 548. The number of rotatable bonds is 5. The number of hydrogen-bond acceptors (Lipinski definition) is 3. The van der Waals surface area contributed by atoms with Crippen LogP contribution < -0.4 is 10.5 Å². The number of halogens is 3. The number of amides is 1. The van der Waals surface area contributed by atoms with E-state index >= 15 is 0 Å². The average molecular weight is 330 g/mol. The van der Waals surface area contributed by atoms with Crippen molar-refractivity contribution < 1.29 is 22.7 Å². The highest BCUT2D eigenvalue weighted by atomic mass is 19.4. The van der Waals surface area contributed by atoms with E-state index in [4.69, 9.17) is 5.73 Å². The molecule has 2 atom stereocenters. The lowest BCUT2D eigenvalue weighted by atomic mass is 9.99. The van der Waals surface area contributed by atoms with Crippen molar-refractivity contribution in [3.63, 3.8) is 0 Å². The molecule has 0 aromatic heterocycles. The number of alkyl halides is 3. The third-order valence-corrected chi connectivity index (χ3v) is 4.13. The molecule has 0 unspecified atom stereocenters. The van der Waals surface area contributed by atoms with Gasteiger partial charge in [0.1, 0.15) is 5.75 Å². The summed E-state index contributed by atoms with van der Waals surface area (Å²) in [6, 6.07) is 5.72. The Hall–Kier alpha value is -1.76. The molecule has 0 radical (unpaired) electrons. The number of hydrogen-bond donors (Lipinski definition) is 1. The molecule has 0 spiro atoms. The minimum absolute atomic E-state index is 0.0468. The minimum atomic E-state index is -4.72. The molecule has 128 valence electrons. The quantitative estimate of drug-likeness (QED) is 0.903. The van der Waals surface area contributed by atoms with E-state index in [-0.39, 0.29) is 30.2 Å². The lowest BCUT2D eigenvalue weighted by Crippen LogP contribution is -2.32. The molecule has 1 fully saturated rings. The van der Waals surface area contributed by atoms with Crippen LogP contribution in [0.2, 0.25) is 0 Å². The molecule has 23 heavy (non-hydrogen) atoms. The number of carbonyl (C=O) groups is 1. The van der Waals surface area contributed by atoms with E-state index in [2.05, 4.69) is 4.74 Å². The third-order valence-electron chi connectivity index (χ3n) is 4.13. The first kappa shape index (κ1) is 17.6. The van der Waals surface area contributed by atoms with Gasteiger partial charge >= 0.3 is 6.36 Å². The van der Waals surface area contributed by atoms with Gasteiger partial charge in [0.15, 0.2) is 0 Å². The summed E-state index contributed by atoms with van der Waals surface area (Å²) < 4.78 is 40.6. The van der Waals surface area contributed by atoms with E-state index in [1.807, 2.05) is 0 Å². The van der Waals surface area contributed by atoms with Gasteiger partial charge in [-0.15, -0.1) is 13.2 Å². The maximum Gasteiger partial charge on any atom is 0.573 e. The van der Waals surface area contributed by atoms with Crippen LogP contribution in [0.4, 0.5) is 13.2 Å². The van der Waals surface area contributed by atoms with Gasteiger partial charge in [-0.05, 0) is 36.5 Å². The molecule has 2 rings (SSSR count). The summed E-state index contributed by atoms with van der Waals surface area (Å²) >= 11 is 0. The summed E-state index contributed by atoms with van der Waals surface area (Å²) in [6.45, 7) is 0.232. The Morgan fingerprint density at radius 1 is 1.39 bits per heavy atom. The highest BCUT2D eigenvalue weighted by Gasteiger charge is 2.31. The molecule has 1 aromatic rings. The highest BCUT2D eigenvalue weighted by molar-refractivity contribution is 5.76. The highest BCUT2D eigenvalue weighted by Crippen LogP contribution is 2.28. The van der Waals surface area contributed by atoms with E-state index in [0.29, 0.717) is 12.0 Å². The molecule has 0 bridgehead atoms. The number of carbonyl (C=O) groups excluding carboxylic acids is 1. The Morgan fingerprint density at radius 2 is 2.13 bits per heavy atom. The normalized spacial score (nSPS) is 21.3. The molecule has 0 saturated heterocycles. The van der Waals surface area contributed by atoms with Crippen LogP contribution in [0.25, 0.3) is 0 Å². The summed E-state index contributed by atoms with van der Waals surface area (Å²) in [5, 5.41) is 0. The number of nitrogens with two attached hydrogens (primary N) is 1. The lowest BCUT2D eigenvalue weighted by molar-refractivity contribution is -0.274. The van der Waals surface area contributed by atoms with Crippen LogP contribution in [0.3, 0.4) is 0 Å². The molecule has 4 nitrogen and oxygen atoms in total. The van der Waals surface area contributed by atoms with Crippen molar-refractivity contribution in [2.75, 3.05) is 7.05 Å². The molecule has 2 N–H and O–H groups in total. The predicted octanol–water partition coefficient (Wildman–Crippen LogP) is 3.06. The lowest BCUT2D eigenvalue weighted by Gasteiger charge is -2.21. The molecule has 1 saturated carbocycles. The van der Waals surface area contributed by atoms with Gasteiger partial charge in [0, 0.05) is 26.1 Å². The van der Waals surface area contributed by atoms with Gasteiger partial charge in [0.05, 0.1) is 0 Å². The van der Waals surface area contributed by atoms with Crippen LogP contribution in [0.5, 0.6) is 5.75 Å². The van der Waals surface area contributed by atoms with Crippen molar-refractivity contribution >= 4 is 5.91 Å². The zero-order chi connectivity index (χ0) is 17.0.